The fourth-order valence-corrected chi connectivity index (χ4v) is 1.77. The van der Waals surface area contributed by atoms with E-state index in [2.05, 4.69) is 15.4 Å². The van der Waals surface area contributed by atoms with E-state index in [1.54, 1.807) is 0 Å². The monoisotopic (exact) mass is 290 g/mol. The summed E-state index contributed by atoms with van der Waals surface area (Å²) in [5.41, 5.74) is 2.02. The zero-order chi connectivity index (χ0) is 15.8. The molecule has 5 nitrogen and oxygen atoms in total. The van der Waals surface area contributed by atoms with Crippen molar-refractivity contribution in [3.8, 4) is 0 Å². The Bertz CT molecular complexity index is 536. The van der Waals surface area contributed by atoms with Gasteiger partial charge in [-0.1, -0.05) is 25.1 Å². The first-order valence-corrected chi connectivity index (χ1v) is 6.93. The predicted octanol–water partition coefficient (Wildman–Crippen LogP) is 2.24. The molecule has 0 heterocycles. The highest BCUT2D eigenvalue weighted by molar-refractivity contribution is 6.01. The molecule has 0 radical (unpaired) electrons. The summed E-state index contributed by atoms with van der Waals surface area (Å²) in [4.78, 5) is 23.6. The predicted molar refractivity (Wildman–Crippen MR) is 82.8 cm³/mol. The van der Waals surface area contributed by atoms with E-state index in [-0.39, 0.29) is 17.6 Å². The number of aryl methyl sites for hydroxylation is 1. The van der Waals surface area contributed by atoms with Crippen molar-refractivity contribution in [1.29, 1.82) is 0 Å². The Morgan fingerprint density at radius 3 is 2.52 bits per heavy atom. The summed E-state index contributed by atoms with van der Waals surface area (Å²) < 4.78 is 4.59. The standard InChI is InChI=1S/C16H22N2O3/c1-5-12-8-6-7-9-13(12)18-14(10-15(19)21-4)16(20)17-11(2)3/h6-11,18H,5H2,1-4H3,(H,17,20)/b14-10-. The van der Waals surface area contributed by atoms with E-state index in [1.807, 2.05) is 45.0 Å². The Labute approximate surface area is 125 Å². The molecular weight excluding hydrogens is 268 g/mol. The first kappa shape index (κ1) is 16.8. The van der Waals surface area contributed by atoms with Gasteiger partial charge in [0, 0.05) is 11.7 Å². The highest BCUT2D eigenvalue weighted by Crippen LogP contribution is 2.17. The molecule has 0 fully saturated rings. The summed E-state index contributed by atoms with van der Waals surface area (Å²) in [6.07, 6.45) is 1.98. The van der Waals surface area contributed by atoms with Crippen LogP contribution in [0.15, 0.2) is 36.0 Å². The molecule has 0 aliphatic heterocycles. The summed E-state index contributed by atoms with van der Waals surface area (Å²) in [7, 11) is 1.27. The van der Waals surface area contributed by atoms with Gasteiger partial charge in [0.2, 0.25) is 0 Å². The van der Waals surface area contributed by atoms with Crippen LogP contribution in [0, 0.1) is 0 Å². The third-order valence-corrected chi connectivity index (χ3v) is 2.80. The molecule has 1 amide bonds. The van der Waals surface area contributed by atoms with Crippen molar-refractivity contribution in [2.24, 2.45) is 0 Å². The first-order chi connectivity index (χ1) is 9.97. The van der Waals surface area contributed by atoms with Gasteiger partial charge in [0.15, 0.2) is 0 Å². The van der Waals surface area contributed by atoms with Gasteiger partial charge in [0.1, 0.15) is 5.70 Å². The third kappa shape index (κ3) is 5.30. The fraction of sp³-hybridized carbons (Fsp3) is 0.375. The molecule has 114 valence electrons. The molecule has 21 heavy (non-hydrogen) atoms. The van der Waals surface area contributed by atoms with Gasteiger partial charge in [0.25, 0.3) is 5.91 Å². The lowest BCUT2D eigenvalue weighted by molar-refractivity contribution is -0.135. The van der Waals surface area contributed by atoms with E-state index in [1.165, 1.54) is 7.11 Å². The molecule has 0 aromatic heterocycles. The molecule has 1 rings (SSSR count). The van der Waals surface area contributed by atoms with Gasteiger partial charge in [-0.05, 0) is 31.9 Å². The second-order valence-electron chi connectivity index (χ2n) is 4.85. The summed E-state index contributed by atoms with van der Waals surface area (Å²) in [6.45, 7) is 5.74. The number of carbonyl (C=O) groups excluding carboxylic acids is 2. The minimum absolute atomic E-state index is 0.0261. The number of para-hydroxylation sites is 1. The van der Waals surface area contributed by atoms with Crippen LogP contribution in [0.5, 0.6) is 0 Å². The SMILES string of the molecule is CCc1ccccc1N/C(=C\C(=O)OC)C(=O)NC(C)C. The maximum absolute atomic E-state index is 12.2. The molecule has 1 aromatic rings. The van der Waals surface area contributed by atoms with Crippen LogP contribution in [-0.2, 0) is 20.7 Å². The molecule has 0 saturated carbocycles. The summed E-state index contributed by atoms with van der Waals surface area (Å²) >= 11 is 0. The molecule has 5 heteroatoms. The van der Waals surface area contributed by atoms with Crippen molar-refractivity contribution < 1.29 is 14.3 Å². The molecule has 0 aliphatic carbocycles. The second-order valence-corrected chi connectivity index (χ2v) is 4.85. The summed E-state index contributed by atoms with van der Waals surface area (Å²) in [6, 6.07) is 7.62. The van der Waals surface area contributed by atoms with Crippen LogP contribution in [0.2, 0.25) is 0 Å². The van der Waals surface area contributed by atoms with Crippen LogP contribution in [0.1, 0.15) is 26.3 Å². The van der Waals surface area contributed by atoms with Crippen molar-refractivity contribution >= 4 is 17.6 Å². The number of benzene rings is 1. The average molecular weight is 290 g/mol. The van der Waals surface area contributed by atoms with E-state index in [4.69, 9.17) is 0 Å². The number of carbonyl (C=O) groups is 2. The van der Waals surface area contributed by atoms with E-state index >= 15 is 0 Å². The Hall–Kier alpha value is -2.30. The zero-order valence-corrected chi connectivity index (χ0v) is 12.9. The Kier molecular flexibility index (Phi) is 6.46. The highest BCUT2D eigenvalue weighted by atomic mass is 16.5. The quantitative estimate of drug-likeness (QED) is 0.623. The smallest absolute Gasteiger partial charge is 0.332 e. The first-order valence-electron chi connectivity index (χ1n) is 6.93. The lowest BCUT2D eigenvalue weighted by atomic mass is 10.1. The van der Waals surface area contributed by atoms with Crippen molar-refractivity contribution in [3.63, 3.8) is 0 Å². The van der Waals surface area contributed by atoms with Gasteiger partial charge in [0.05, 0.1) is 13.2 Å². The van der Waals surface area contributed by atoms with Crippen LogP contribution < -0.4 is 10.6 Å². The minimum Gasteiger partial charge on any atom is -0.466 e. The topological polar surface area (TPSA) is 67.4 Å². The van der Waals surface area contributed by atoms with E-state index in [0.717, 1.165) is 23.7 Å². The van der Waals surface area contributed by atoms with E-state index in [0.29, 0.717) is 0 Å². The van der Waals surface area contributed by atoms with Crippen molar-refractivity contribution in [1.82, 2.24) is 5.32 Å². The van der Waals surface area contributed by atoms with Crippen LogP contribution in [0.3, 0.4) is 0 Å². The van der Waals surface area contributed by atoms with Gasteiger partial charge in [-0.15, -0.1) is 0 Å². The fourth-order valence-electron chi connectivity index (χ4n) is 1.77. The number of amides is 1. The Morgan fingerprint density at radius 2 is 1.95 bits per heavy atom. The number of nitrogens with one attached hydrogen (secondary N) is 2. The number of anilines is 1. The summed E-state index contributed by atoms with van der Waals surface area (Å²) in [5, 5.41) is 5.77. The normalized spacial score (nSPS) is 11.2. The zero-order valence-electron chi connectivity index (χ0n) is 12.9. The Morgan fingerprint density at radius 1 is 1.29 bits per heavy atom. The van der Waals surface area contributed by atoms with Gasteiger partial charge in [-0.2, -0.15) is 0 Å². The minimum atomic E-state index is -0.578. The molecule has 0 spiro atoms. The molecule has 0 saturated heterocycles. The molecule has 0 unspecified atom stereocenters. The number of hydrogen-bond donors (Lipinski definition) is 2. The number of hydrogen-bond acceptors (Lipinski definition) is 4. The van der Waals surface area contributed by atoms with Gasteiger partial charge < -0.3 is 15.4 Å². The molecule has 2 N–H and O–H groups in total. The molecule has 1 aromatic carbocycles. The lowest BCUT2D eigenvalue weighted by Gasteiger charge is -2.15. The van der Waals surface area contributed by atoms with Crippen LogP contribution in [0.25, 0.3) is 0 Å². The number of ether oxygens (including phenoxy) is 1. The second kappa shape index (κ2) is 8.09. The molecule has 0 aliphatic rings. The van der Waals surface area contributed by atoms with Crippen molar-refractivity contribution in [2.45, 2.75) is 33.2 Å². The van der Waals surface area contributed by atoms with Gasteiger partial charge >= 0.3 is 5.97 Å². The highest BCUT2D eigenvalue weighted by Gasteiger charge is 2.14. The third-order valence-electron chi connectivity index (χ3n) is 2.80. The van der Waals surface area contributed by atoms with E-state index in [9.17, 15) is 9.59 Å². The van der Waals surface area contributed by atoms with Crippen molar-refractivity contribution in [3.05, 3.63) is 41.6 Å². The lowest BCUT2D eigenvalue weighted by Crippen LogP contribution is -2.34. The number of methoxy groups -OCH3 is 1. The molecular formula is C16H22N2O3. The van der Waals surface area contributed by atoms with E-state index < -0.39 is 5.97 Å². The van der Waals surface area contributed by atoms with Crippen LogP contribution >= 0.6 is 0 Å². The molecule has 0 atom stereocenters. The van der Waals surface area contributed by atoms with Gasteiger partial charge in [-0.3, -0.25) is 4.79 Å². The van der Waals surface area contributed by atoms with Crippen LogP contribution in [-0.4, -0.2) is 25.0 Å². The summed E-state index contributed by atoms with van der Waals surface area (Å²) in [5.74, 6) is -0.924. The van der Waals surface area contributed by atoms with Crippen LogP contribution in [0.4, 0.5) is 5.69 Å². The Balaban J connectivity index is 3.05. The van der Waals surface area contributed by atoms with Gasteiger partial charge in [-0.25, -0.2) is 4.79 Å². The molecule has 0 bridgehead atoms. The average Bonchev–Trinajstić information content (AvgIpc) is 2.46. The maximum atomic E-state index is 12.2. The maximum Gasteiger partial charge on any atom is 0.332 e. The number of esters is 1. The number of rotatable bonds is 6. The largest absolute Gasteiger partial charge is 0.466 e. The van der Waals surface area contributed by atoms with Crippen molar-refractivity contribution in [2.75, 3.05) is 12.4 Å².